The van der Waals surface area contributed by atoms with Crippen LogP contribution in [0.3, 0.4) is 0 Å². The molecule has 50 heavy (non-hydrogen) atoms. The van der Waals surface area contributed by atoms with Crippen molar-refractivity contribution >= 4 is 5.97 Å². The van der Waals surface area contributed by atoms with Gasteiger partial charge in [0.15, 0.2) is 0 Å². The third-order valence-corrected chi connectivity index (χ3v) is 10.7. The van der Waals surface area contributed by atoms with Crippen molar-refractivity contribution in [1.82, 2.24) is 4.90 Å². The van der Waals surface area contributed by atoms with E-state index in [4.69, 9.17) is 4.74 Å². The van der Waals surface area contributed by atoms with Crippen LogP contribution in [-0.2, 0) is 9.53 Å². The predicted octanol–water partition coefficient (Wildman–Crippen LogP) is 15.4. The molecule has 296 valence electrons. The van der Waals surface area contributed by atoms with Gasteiger partial charge in [0, 0.05) is 6.42 Å². The normalized spacial score (nSPS) is 12.7. The summed E-state index contributed by atoms with van der Waals surface area (Å²) in [5.41, 5.74) is 0. The molecule has 0 aromatic rings. The van der Waals surface area contributed by atoms with Gasteiger partial charge in [-0.15, -0.1) is 0 Å². The van der Waals surface area contributed by atoms with E-state index in [-0.39, 0.29) is 5.97 Å². The van der Waals surface area contributed by atoms with Gasteiger partial charge in [-0.05, 0) is 90.3 Å². The van der Waals surface area contributed by atoms with E-state index in [2.05, 4.69) is 64.1 Å². The van der Waals surface area contributed by atoms with Crippen molar-refractivity contribution in [2.24, 2.45) is 11.8 Å². The standard InChI is InChI=1S/C47H91NO2/c1-6-9-12-13-14-15-16-17-18-19-20-21-22-23-24-27-32-38-45(40-35-43-48(4)5)39-33-28-25-26-29-34-41-47(49)50-44-42-46(36-30-10-7-2)37-31-11-8-3/h14-15,17-18,45-46H,6-13,16,19-44H2,1-5H3/b15-14-,18-17-. The van der Waals surface area contributed by atoms with E-state index in [1.807, 2.05) is 0 Å². The first kappa shape index (κ1) is 48.9. The maximum absolute atomic E-state index is 12.3. The quantitative estimate of drug-likeness (QED) is 0.0362. The van der Waals surface area contributed by atoms with E-state index in [1.165, 1.54) is 193 Å². The number of ether oxygens (including phenoxy) is 1. The van der Waals surface area contributed by atoms with E-state index in [9.17, 15) is 4.79 Å². The Kier molecular flexibility index (Phi) is 39.8. The van der Waals surface area contributed by atoms with Gasteiger partial charge in [-0.2, -0.15) is 0 Å². The topological polar surface area (TPSA) is 29.5 Å². The summed E-state index contributed by atoms with van der Waals surface area (Å²) in [6.45, 7) is 8.68. The van der Waals surface area contributed by atoms with Gasteiger partial charge in [0.05, 0.1) is 6.61 Å². The summed E-state index contributed by atoms with van der Waals surface area (Å²) < 4.78 is 5.65. The van der Waals surface area contributed by atoms with Crippen LogP contribution in [0.15, 0.2) is 24.3 Å². The Morgan fingerprint density at radius 2 is 0.880 bits per heavy atom. The Morgan fingerprint density at radius 3 is 1.40 bits per heavy atom. The second kappa shape index (κ2) is 40.7. The van der Waals surface area contributed by atoms with Crippen molar-refractivity contribution in [1.29, 1.82) is 0 Å². The van der Waals surface area contributed by atoms with Crippen molar-refractivity contribution < 1.29 is 9.53 Å². The van der Waals surface area contributed by atoms with Crippen LogP contribution in [0.1, 0.15) is 233 Å². The van der Waals surface area contributed by atoms with Gasteiger partial charge >= 0.3 is 5.97 Å². The minimum absolute atomic E-state index is 0.0336. The number of nitrogens with zero attached hydrogens (tertiary/aromatic N) is 1. The highest BCUT2D eigenvalue weighted by molar-refractivity contribution is 5.69. The van der Waals surface area contributed by atoms with E-state index in [1.54, 1.807) is 0 Å². The van der Waals surface area contributed by atoms with Crippen LogP contribution in [0.5, 0.6) is 0 Å². The monoisotopic (exact) mass is 702 g/mol. The van der Waals surface area contributed by atoms with Crippen LogP contribution in [0.25, 0.3) is 0 Å². The zero-order valence-corrected chi connectivity index (χ0v) is 35.0. The highest BCUT2D eigenvalue weighted by Gasteiger charge is 2.11. The van der Waals surface area contributed by atoms with Crippen molar-refractivity contribution in [2.45, 2.75) is 233 Å². The van der Waals surface area contributed by atoms with Crippen molar-refractivity contribution in [2.75, 3.05) is 27.2 Å². The van der Waals surface area contributed by atoms with Crippen LogP contribution < -0.4 is 0 Å². The summed E-state index contributed by atoms with van der Waals surface area (Å²) in [7, 11) is 4.42. The van der Waals surface area contributed by atoms with Crippen molar-refractivity contribution in [3.8, 4) is 0 Å². The van der Waals surface area contributed by atoms with Gasteiger partial charge in [0.25, 0.3) is 0 Å². The largest absolute Gasteiger partial charge is 0.466 e. The number of unbranched alkanes of at least 4 members (excludes halogenated alkanes) is 19. The zero-order valence-electron chi connectivity index (χ0n) is 35.0. The van der Waals surface area contributed by atoms with Gasteiger partial charge in [-0.1, -0.05) is 193 Å². The smallest absolute Gasteiger partial charge is 0.305 e. The summed E-state index contributed by atoms with van der Waals surface area (Å²) in [5, 5.41) is 0. The molecule has 0 saturated carbocycles. The molecule has 0 bridgehead atoms. The summed E-state index contributed by atoms with van der Waals surface area (Å²) >= 11 is 0. The lowest BCUT2D eigenvalue weighted by Crippen LogP contribution is -2.14. The molecule has 0 saturated heterocycles. The number of hydrogen-bond donors (Lipinski definition) is 0. The van der Waals surface area contributed by atoms with Crippen LogP contribution >= 0.6 is 0 Å². The molecular formula is C47H91NO2. The minimum Gasteiger partial charge on any atom is -0.466 e. The van der Waals surface area contributed by atoms with Crippen LogP contribution in [-0.4, -0.2) is 38.1 Å². The molecule has 1 atom stereocenters. The zero-order chi connectivity index (χ0) is 36.6. The number of carbonyl (C=O) groups excluding carboxylic acids is 1. The number of allylic oxidation sites excluding steroid dienone is 4. The fraction of sp³-hybridized carbons (Fsp3) is 0.894. The molecule has 0 aromatic heterocycles. The molecule has 0 rings (SSSR count). The van der Waals surface area contributed by atoms with Crippen LogP contribution in [0.2, 0.25) is 0 Å². The number of rotatable bonds is 40. The Labute approximate surface area is 315 Å². The van der Waals surface area contributed by atoms with Crippen LogP contribution in [0.4, 0.5) is 0 Å². The highest BCUT2D eigenvalue weighted by atomic mass is 16.5. The fourth-order valence-electron chi connectivity index (χ4n) is 7.35. The Hall–Kier alpha value is -1.09. The first-order valence-electron chi connectivity index (χ1n) is 22.6. The molecule has 3 heteroatoms. The second-order valence-electron chi connectivity index (χ2n) is 16.1. The lowest BCUT2D eigenvalue weighted by atomic mass is 9.90. The second-order valence-corrected chi connectivity index (χ2v) is 16.1. The Morgan fingerprint density at radius 1 is 0.480 bits per heavy atom. The first-order chi connectivity index (χ1) is 24.5. The molecule has 1 unspecified atom stereocenters. The number of hydrogen-bond acceptors (Lipinski definition) is 3. The third-order valence-electron chi connectivity index (χ3n) is 10.7. The van der Waals surface area contributed by atoms with E-state index >= 15 is 0 Å². The summed E-state index contributed by atoms with van der Waals surface area (Å²) in [6.07, 6.45) is 52.2. The molecule has 0 aliphatic heterocycles. The molecule has 0 aliphatic carbocycles. The lowest BCUT2D eigenvalue weighted by molar-refractivity contribution is -0.144. The molecule has 0 radical (unpaired) electrons. The lowest BCUT2D eigenvalue weighted by Gasteiger charge is -2.18. The molecule has 0 aromatic carbocycles. The van der Waals surface area contributed by atoms with Crippen molar-refractivity contribution in [3.63, 3.8) is 0 Å². The third kappa shape index (κ3) is 38.1. The predicted molar refractivity (Wildman–Crippen MR) is 224 cm³/mol. The SMILES string of the molecule is CCCCC/C=C\C/C=C\CCCCCCCCCC(CCCCCCCCC(=O)OCCC(CCCCC)CCCCC)CCCN(C)C. The van der Waals surface area contributed by atoms with Gasteiger partial charge in [0.2, 0.25) is 0 Å². The highest BCUT2D eigenvalue weighted by Crippen LogP contribution is 2.24. The van der Waals surface area contributed by atoms with E-state index in [0.717, 1.165) is 31.1 Å². The molecule has 0 heterocycles. The van der Waals surface area contributed by atoms with Gasteiger partial charge in [0.1, 0.15) is 0 Å². The van der Waals surface area contributed by atoms with Crippen LogP contribution in [0, 0.1) is 11.8 Å². The molecule has 3 nitrogen and oxygen atoms in total. The van der Waals surface area contributed by atoms with Crippen molar-refractivity contribution in [3.05, 3.63) is 24.3 Å². The molecule has 0 fully saturated rings. The van der Waals surface area contributed by atoms with Gasteiger partial charge in [-0.3, -0.25) is 4.79 Å². The summed E-state index contributed by atoms with van der Waals surface area (Å²) in [6, 6.07) is 0. The Balaban J connectivity index is 3.92. The van der Waals surface area contributed by atoms with E-state index in [0.29, 0.717) is 13.0 Å². The number of carbonyl (C=O) groups is 1. The Bertz CT molecular complexity index is 719. The molecule has 0 aliphatic rings. The van der Waals surface area contributed by atoms with Gasteiger partial charge in [-0.25, -0.2) is 0 Å². The average molecular weight is 702 g/mol. The fourth-order valence-corrected chi connectivity index (χ4v) is 7.35. The maximum Gasteiger partial charge on any atom is 0.305 e. The average Bonchev–Trinajstić information content (AvgIpc) is 3.10. The molecule has 0 spiro atoms. The van der Waals surface area contributed by atoms with Gasteiger partial charge < -0.3 is 9.64 Å². The minimum atomic E-state index is 0.0336. The summed E-state index contributed by atoms with van der Waals surface area (Å²) in [4.78, 5) is 14.7. The molecule has 0 amide bonds. The summed E-state index contributed by atoms with van der Waals surface area (Å²) in [5.74, 6) is 1.69. The maximum atomic E-state index is 12.3. The first-order valence-corrected chi connectivity index (χ1v) is 22.6. The number of esters is 1. The molecular weight excluding hydrogens is 611 g/mol. The van der Waals surface area contributed by atoms with E-state index < -0.39 is 0 Å². The molecule has 0 N–H and O–H groups in total.